The van der Waals surface area contributed by atoms with Gasteiger partial charge in [0.1, 0.15) is 0 Å². The van der Waals surface area contributed by atoms with Gasteiger partial charge in [0.05, 0.1) is 15.6 Å². The summed E-state index contributed by atoms with van der Waals surface area (Å²) in [6.45, 7) is -0.522. The van der Waals surface area contributed by atoms with E-state index in [2.05, 4.69) is 10.3 Å². The molecule has 0 unspecified atom stereocenters. The molecule has 0 bridgehead atoms. The number of nitrogens with one attached hydrogen (secondary N) is 1. The molecule has 1 amide bonds. The minimum Gasteiger partial charge on any atom is -0.619 e. The van der Waals surface area contributed by atoms with Gasteiger partial charge in [-0.3, -0.25) is 4.79 Å². The van der Waals surface area contributed by atoms with Crippen LogP contribution in [0.4, 0.5) is 5.82 Å². The third-order valence-electron chi connectivity index (χ3n) is 2.44. The molecule has 0 atom stereocenters. The number of nitrogens with zero attached hydrogens (tertiary/aromatic N) is 2. The van der Waals surface area contributed by atoms with Gasteiger partial charge in [0, 0.05) is 18.3 Å². The molecule has 2 heterocycles. The maximum atomic E-state index is 11.7. The third kappa shape index (κ3) is 4.31. The quantitative estimate of drug-likeness (QED) is 0.519. The molecule has 9 heteroatoms. The number of rotatable bonds is 4. The topological polar surface area (TPSA) is 95.2 Å². The second-order valence-electron chi connectivity index (χ2n) is 4.05. The SMILES string of the molecule is O=C(COC(=O)c1cc[n+]([O-])cc1)Nc1ncc(Cl)cc1Cl. The molecular weight excluding hydrogens is 333 g/mol. The molecule has 1 N–H and O–H groups in total. The van der Waals surface area contributed by atoms with Crippen molar-refractivity contribution in [1.82, 2.24) is 4.98 Å². The molecule has 2 aromatic heterocycles. The van der Waals surface area contributed by atoms with Gasteiger partial charge in [-0.25, -0.2) is 9.78 Å². The maximum absolute atomic E-state index is 11.7. The minimum absolute atomic E-state index is 0.110. The van der Waals surface area contributed by atoms with E-state index in [0.29, 0.717) is 9.75 Å². The zero-order valence-electron chi connectivity index (χ0n) is 11.0. The maximum Gasteiger partial charge on any atom is 0.339 e. The van der Waals surface area contributed by atoms with Crippen LogP contribution >= 0.6 is 23.2 Å². The predicted octanol–water partition coefficient (Wildman–Crippen LogP) is 1.82. The van der Waals surface area contributed by atoms with Gasteiger partial charge in [-0.05, 0) is 6.07 Å². The summed E-state index contributed by atoms with van der Waals surface area (Å²) in [7, 11) is 0. The van der Waals surface area contributed by atoms with Gasteiger partial charge in [0.2, 0.25) is 0 Å². The number of hydrogen-bond acceptors (Lipinski definition) is 5. The summed E-state index contributed by atoms with van der Waals surface area (Å²) in [5, 5.41) is 13.7. The lowest BCUT2D eigenvalue weighted by atomic mass is 10.3. The van der Waals surface area contributed by atoms with Crippen molar-refractivity contribution in [2.45, 2.75) is 0 Å². The van der Waals surface area contributed by atoms with Crippen molar-refractivity contribution in [3.8, 4) is 0 Å². The van der Waals surface area contributed by atoms with Crippen LogP contribution < -0.4 is 10.0 Å². The van der Waals surface area contributed by atoms with E-state index in [1.54, 1.807) is 0 Å². The highest BCUT2D eigenvalue weighted by Gasteiger charge is 2.13. The van der Waals surface area contributed by atoms with Crippen LogP contribution in [0.2, 0.25) is 10.0 Å². The molecule has 0 spiro atoms. The van der Waals surface area contributed by atoms with Crippen LogP contribution in [0.15, 0.2) is 36.8 Å². The summed E-state index contributed by atoms with van der Waals surface area (Å²) in [4.78, 5) is 27.2. The van der Waals surface area contributed by atoms with Crippen LogP contribution in [-0.2, 0) is 9.53 Å². The van der Waals surface area contributed by atoms with E-state index in [1.165, 1.54) is 24.4 Å². The molecule has 0 fully saturated rings. The molecular formula is C13H9Cl2N3O4. The number of aromatic nitrogens is 2. The van der Waals surface area contributed by atoms with E-state index < -0.39 is 18.5 Å². The number of carbonyl (C=O) groups is 2. The van der Waals surface area contributed by atoms with Crippen molar-refractivity contribution in [3.05, 3.63) is 57.6 Å². The van der Waals surface area contributed by atoms with Crippen LogP contribution in [0, 0.1) is 5.21 Å². The Morgan fingerprint density at radius 2 is 2.00 bits per heavy atom. The van der Waals surface area contributed by atoms with Crippen LogP contribution in [0.5, 0.6) is 0 Å². The molecule has 0 aliphatic heterocycles. The van der Waals surface area contributed by atoms with Gasteiger partial charge in [0.25, 0.3) is 5.91 Å². The number of esters is 1. The van der Waals surface area contributed by atoms with Crippen molar-refractivity contribution in [2.24, 2.45) is 0 Å². The minimum atomic E-state index is -0.731. The van der Waals surface area contributed by atoms with Gasteiger partial charge >= 0.3 is 5.97 Å². The second-order valence-corrected chi connectivity index (χ2v) is 4.90. The number of amides is 1. The van der Waals surface area contributed by atoms with E-state index in [-0.39, 0.29) is 16.4 Å². The Morgan fingerprint density at radius 1 is 1.32 bits per heavy atom. The highest BCUT2D eigenvalue weighted by molar-refractivity contribution is 6.36. The predicted molar refractivity (Wildman–Crippen MR) is 78.6 cm³/mol. The first-order chi connectivity index (χ1) is 10.5. The molecule has 0 aliphatic carbocycles. The van der Waals surface area contributed by atoms with Crippen molar-refractivity contribution in [2.75, 3.05) is 11.9 Å². The van der Waals surface area contributed by atoms with Crippen LogP contribution in [-0.4, -0.2) is 23.5 Å². The van der Waals surface area contributed by atoms with Gasteiger partial charge in [-0.15, -0.1) is 0 Å². The number of ether oxygens (including phenoxy) is 1. The Kier molecular flexibility index (Phi) is 5.13. The van der Waals surface area contributed by atoms with E-state index in [4.69, 9.17) is 27.9 Å². The number of hydrogen-bond donors (Lipinski definition) is 1. The average Bonchev–Trinajstić information content (AvgIpc) is 2.48. The van der Waals surface area contributed by atoms with Crippen LogP contribution in [0.1, 0.15) is 10.4 Å². The lowest BCUT2D eigenvalue weighted by Crippen LogP contribution is -2.25. The van der Waals surface area contributed by atoms with E-state index in [1.807, 2.05) is 0 Å². The first-order valence-electron chi connectivity index (χ1n) is 5.92. The summed E-state index contributed by atoms with van der Waals surface area (Å²) >= 11 is 11.5. The van der Waals surface area contributed by atoms with Crippen LogP contribution in [0.3, 0.4) is 0 Å². The largest absolute Gasteiger partial charge is 0.619 e. The monoisotopic (exact) mass is 341 g/mol. The van der Waals surface area contributed by atoms with Gasteiger partial charge in [0.15, 0.2) is 24.8 Å². The number of pyridine rings is 2. The summed E-state index contributed by atoms with van der Waals surface area (Å²) in [5.74, 6) is -1.23. The molecule has 2 aromatic rings. The van der Waals surface area contributed by atoms with E-state index >= 15 is 0 Å². The van der Waals surface area contributed by atoms with E-state index in [9.17, 15) is 14.8 Å². The van der Waals surface area contributed by atoms with Gasteiger partial charge in [-0.2, -0.15) is 4.73 Å². The summed E-state index contributed by atoms with van der Waals surface area (Å²) in [5.41, 5.74) is 0.155. The van der Waals surface area contributed by atoms with Crippen molar-refractivity contribution in [1.29, 1.82) is 0 Å². The zero-order valence-corrected chi connectivity index (χ0v) is 12.5. The zero-order chi connectivity index (χ0) is 16.1. The van der Waals surface area contributed by atoms with Crippen molar-refractivity contribution >= 4 is 40.9 Å². The first-order valence-corrected chi connectivity index (χ1v) is 6.68. The Balaban J connectivity index is 1.89. The Bertz CT molecular complexity index is 707. The number of anilines is 1. The molecule has 0 saturated heterocycles. The Labute approximate surface area is 135 Å². The Hall–Kier alpha value is -2.38. The normalized spacial score (nSPS) is 10.1. The highest BCUT2D eigenvalue weighted by Crippen LogP contribution is 2.22. The van der Waals surface area contributed by atoms with Crippen molar-refractivity contribution < 1.29 is 19.1 Å². The number of halogens is 2. The fourth-order valence-corrected chi connectivity index (χ4v) is 1.87. The summed E-state index contributed by atoms with van der Waals surface area (Å²) in [6.07, 6.45) is 3.61. The fraction of sp³-hybridized carbons (Fsp3) is 0.0769. The molecule has 0 aliphatic rings. The van der Waals surface area contributed by atoms with Gasteiger partial charge in [-0.1, -0.05) is 23.2 Å². The van der Waals surface area contributed by atoms with Gasteiger partial charge < -0.3 is 15.3 Å². The highest BCUT2D eigenvalue weighted by atomic mass is 35.5. The molecule has 22 heavy (non-hydrogen) atoms. The molecule has 114 valence electrons. The average molecular weight is 342 g/mol. The standard InChI is InChI=1S/C13H9Cl2N3O4/c14-9-5-10(15)12(16-6-9)17-11(19)7-22-13(20)8-1-3-18(21)4-2-8/h1-6H,7H2,(H,16,17,19). The lowest BCUT2D eigenvalue weighted by molar-refractivity contribution is -0.605. The summed E-state index contributed by atoms with van der Waals surface area (Å²) in [6, 6.07) is 3.98. The number of carbonyl (C=O) groups excluding carboxylic acids is 2. The lowest BCUT2D eigenvalue weighted by Gasteiger charge is -2.07. The molecule has 7 nitrogen and oxygen atoms in total. The molecule has 0 saturated carbocycles. The second kappa shape index (κ2) is 7.06. The molecule has 0 radical (unpaired) electrons. The fourth-order valence-electron chi connectivity index (χ4n) is 1.44. The van der Waals surface area contributed by atoms with E-state index in [0.717, 1.165) is 12.4 Å². The summed E-state index contributed by atoms with van der Waals surface area (Å²) < 4.78 is 5.33. The molecule has 2 rings (SSSR count). The molecule has 0 aromatic carbocycles. The first kappa shape index (κ1) is 16.0. The van der Waals surface area contributed by atoms with Crippen molar-refractivity contribution in [3.63, 3.8) is 0 Å². The van der Waals surface area contributed by atoms with Crippen LogP contribution in [0.25, 0.3) is 0 Å². The third-order valence-corrected chi connectivity index (χ3v) is 2.93. The smallest absolute Gasteiger partial charge is 0.339 e. The Morgan fingerprint density at radius 3 is 2.64 bits per heavy atom.